The number of amides is 1. The van der Waals surface area contributed by atoms with Gasteiger partial charge in [0, 0.05) is 18.0 Å². The summed E-state index contributed by atoms with van der Waals surface area (Å²) in [7, 11) is 0. The van der Waals surface area contributed by atoms with Crippen LogP contribution in [-0.2, 0) is 0 Å². The number of nitrogens with two attached hydrogens (primary N) is 1. The first-order valence-electron chi connectivity index (χ1n) is 4.90. The van der Waals surface area contributed by atoms with E-state index < -0.39 is 5.91 Å². The topological polar surface area (TPSA) is 102 Å². The summed E-state index contributed by atoms with van der Waals surface area (Å²) in [6.45, 7) is 0. The smallest absolute Gasteiger partial charge is 0.287 e. The van der Waals surface area contributed by atoms with Crippen molar-refractivity contribution < 1.29 is 4.79 Å². The number of fused-ring (bicyclic) bond motifs is 1. The monoisotopic (exact) mass is 228 g/mol. The largest absolute Gasteiger partial charge is 0.363 e. The molecule has 0 bridgehead atoms. The van der Waals surface area contributed by atoms with E-state index >= 15 is 0 Å². The van der Waals surface area contributed by atoms with Gasteiger partial charge in [0.2, 0.25) is 5.82 Å². The van der Waals surface area contributed by atoms with Crippen molar-refractivity contribution in [3.63, 3.8) is 0 Å². The fourth-order valence-electron chi connectivity index (χ4n) is 1.63. The van der Waals surface area contributed by atoms with Crippen LogP contribution in [0.1, 0.15) is 10.6 Å². The molecule has 0 aliphatic carbocycles. The lowest BCUT2D eigenvalue weighted by Gasteiger charge is -2.00. The lowest BCUT2D eigenvalue weighted by Crippen LogP contribution is -2.15. The molecule has 0 fully saturated rings. The van der Waals surface area contributed by atoms with Gasteiger partial charge in [0.05, 0.1) is 5.69 Å². The summed E-state index contributed by atoms with van der Waals surface area (Å²) < 4.78 is 1.55. The summed E-state index contributed by atoms with van der Waals surface area (Å²) >= 11 is 0. The molecule has 1 amide bonds. The molecule has 0 radical (unpaired) electrons. The Bertz CT molecular complexity index is 684. The number of aromatic nitrogens is 5. The minimum atomic E-state index is -0.612. The number of nitrogens with one attached hydrogen (secondary N) is 1. The molecule has 7 heteroatoms. The minimum absolute atomic E-state index is 0.112. The van der Waals surface area contributed by atoms with E-state index in [4.69, 9.17) is 5.73 Å². The van der Waals surface area contributed by atoms with Crippen LogP contribution in [0.2, 0.25) is 0 Å². The number of rotatable bonds is 2. The molecule has 0 aromatic carbocycles. The fourth-order valence-corrected chi connectivity index (χ4v) is 1.63. The van der Waals surface area contributed by atoms with Crippen LogP contribution in [0.25, 0.3) is 16.9 Å². The third kappa shape index (κ3) is 1.44. The number of primary amides is 1. The minimum Gasteiger partial charge on any atom is -0.363 e. The molecule has 0 aliphatic rings. The Morgan fingerprint density at radius 1 is 1.29 bits per heavy atom. The SMILES string of the molecule is NC(=O)c1nnc2ccc(-c3ccn[nH]3)cn12. The van der Waals surface area contributed by atoms with Crippen LogP contribution < -0.4 is 5.73 Å². The molecule has 0 unspecified atom stereocenters. The molecule has 0 saturated carbocycles. The Hall–Kier alpha value is -2.70. The van der Waals surface area contributed by atoms with E-state index in [1.807, 2.05) is 12.1 Å². The lowest BCUT2D eigenvalue weighted by molar-refractivity contribution is 0.0989. The molecule has 0 atom stereocenters. The Balaban J connectivity index is 2.24. The van der Waals surface area contributed by atoms with Gasteiger partial charge in [-0.15, -0.1) is 10.2 Å². The zero-order valence-corrected chi connectivity index (χ0v) is 8.66. The summed E-state index contributed by atoms with van der Waals surface area (Å²) in [5.74, 6) is -0.499. The second-order valence-electron chi connectivity index (χ2n) is 3.50. The van der Waals surface area contributed by atoms with Gasteiger partial charge in [-0.2, -0.15) is 5.10 Å². The number of nitrogens with zero attached hydrogens (tertiary/aromatic N) is 4. The maximum Gasteiger partial charge on any atom is 0.287 e. The normalized spacial score (nSPS) is 10.8. The molecular formula is C10H8N6O. The summed E-state index contributed by atoms with van der Waals surface area (Å²) in [5.41, 5.74) is 7.50. The molecule has 84 valence electrons. The number of hydrogen-bond donors (Lipinski definition) is 2. The van der Waals surface area contributed by atoms with Gasteiger partial charge in [-0.3, -0.25) is 14.3 Å². The predicted molar refractivity (Wildman–Crippen MR) is 59.1 cm³/mol. The van der Waals surface area contributed by atoms with Crippen LogP contribution in [0.5, 0.6) is 0 Å². The molecule has 17 heavy (non-hydrogen) atoms. The van der Waals surface area contributed by atoms with Crippen LogP contribution in [-0.4, -0.2) is 30.7 Å². The molecule has 3 aromatic heterocycles. The zero-order valence-electron chi connectivity index (χ0n) is 8.66. The maximum absolute atomic E-state index is 11.2. The molecule has 7 nitrogen and oxygen atoms in total. The average Bonchev–Trinajstić information content (AvgIpc) is 2.97. The number of aromatic amines is 1. The highest BCUT2D eigenvalue weighted by Crippen LogP contribution is 2.17. The van der Waals surface area contributed by atoms with E-state index in [1.165, 1.54) is 0 Å². The first kappa shape index (κ1) is 9.52. The van der Waals surface area contributed by atoms with Crippen molar-refractivity contribution in [2.75, 3.05) is 0 Å². The molecule has 3 rings (SSSR count). The highest BCUT2D eigenvalue weighted by molar-refractivity contribution is 5.89. The quantitative estimate of drug-likeness (QED) is 0.654. The number of hydrogen-bond acceptors (Lipinski definition) is 4. The number of carbonyl (C=O) groups excluding carboxylic acids is 1. The predicted octanol–water partition coefficient (Wildman–Crippen LogP) is 0.218. The highest BCUT2D eigenvalue weighted by Gasteiger charge is 2.11. The third-order valence-corrected chi connectivity index (χ3v) is 2.43. The molecule has 3 N–H and O–H groups in total. The molecule has 0 aliphatic heterocycles. The number of pyridine rings is 1. The van der Waals surface area contributed by atoms with Gasteiger partial charge < -0.3 is 5.73 Å². The van der Waals surface area contributed by atoms with E-state index in [0.29, 0.717) is 5.65 Å². The molecule has 3 aromatic rings. The van der Waals surface area contributed by atoms with Crippen LogP contribution in [0, 0.1) is 0 Å². The van der Waals surface area contributed by atoms with E-state index in [0.717, 1.165) is 11.3 Å². The molecule has 0 saturated heterocycles. The van der Waals surface area contributed by atoms with Crippen molar-refractivity contribution in [2.24, 2.45) is 5.73 Å². The Morgan fingerprint density at radius 2 is 2.18 bits per heavy atom. The summed E-state index contributed by atoms with van der Waals surface area (Å²) in [5, 5.41) is 14.3. The van der Waals surface area contributed by atoms with Crippen LogP contribution in [0.15, 0.2) is 30.6 Å². The maximum atomic E-state index is 11.2. The van der Waals surface area contributed by atoms with E-state index in [9.17, 15) is 4.79 Å². The first-order chi connectivity index (χ1) is 8.25. The third-order valence-electron chi connectivity index (χ3n) is 2.43. The van der Waals surface area contributed by atoms with E-state index in [2.05, 4.69) is 20.4 Å². The van der Waals surface area contributed by atoms with Crippen molar-refractivity contribution in [1.82, 2.24) is 24.8 Å². The zero-order chi connectivity index (χ0) is 11.8. The van der Waals surface area contributed by atoms with Crippen molar-refractivity contribution in [3.8, 4) is 11.3 Å². The van der Waals surface area contributed by atoms with Crippen molar-refractivity contribution in [3.05, 3.63) is 36.4 Å². The van der Waals surface area contributed by atoms with Gasteiger partial charge in [-0.1, -0.05) is 0 Å². The standard InChI is InChI=1S/C10H8N6O/c11-9(17)10-15-14-8-2-1-6(5-16(8)10)7-3-4-12-13-7/h1-5H,(H2,11,17)(H,12,13). The Kier molecular flexibility index (Phi) is 1.91. The van der Waals surface area contributed by atoms with E-state index in [1.54, 1.807) is 22.9 Å². The van der Waals surface area contributed by atoms with Crippen LogP contribution >= 0.6 is 0 Å². The van der Waals surface area contributed by atoms with Gasteiger partial charge >= 0.3 is 0 Å². The number of carbonyl (C=O) groups is 1. The lowest BCUT2D eigenvalue weighted by atomic mass is 10.2. The van der Waals surface area contributed by atoms with Crippen LogP contribution in [0.3, 0.4) is 0 Å². The summed E-state index contributed by atoms with van der Waals surface area (Å²) in [6.07, 6.45) is 3.39. The van der Waals surface area contributed by atoms with Crippen molar-refractivity contribution >= 4 is 11.6 Å². The van der Waals surface area contributed by atoms with E-state index in [-0.39, 0.29) is 5.82 Å². The average molecular weight is 228 g/mol. The highest BCUT2D eigenvalue weighted by atomic mass is 16.1. The van der Waals surface area contributed by atoms with Gasteiger partial charge in [-0.25, -0.2) is 0 Å². The second-order valence-corrected chi connectivity index (χ2v) is 3.50. The summed E-state index contributed by atoms with van der Waals surface area (Å²) in [4.78, 5) is 11.2. The number of H-pyrrole nitrogens is 1. The second kappa shape index (κ2) is 3.41. The van der Waals surface area contributed by atoms with Gasteiger partial charge in [0.15, 0.2) is 5.65 Å². The fraction of sp³-hybridized carbons (Fsp3) is 0. The Morgan fingerprint density at radius 3 is 2.88 bits per heavy atom. The summed E-state index contributed by atoms with van der Waals surface area (Å²) in [6, 6.07) is 5.45. The van der Waals surface area contributed by atoms with Gasteiger partial charge in [0.1, 0.15) is 0 Å². The van der Waals surface area contributed by atoms with Crippen molar-refractivity contribution in [1.29, 1.82) is 0 Å². The Labute approximate surface area is 95.3 Å². The van der Waals surface area contributed by atoms with Gasteiger partial charge in [-0.05, 0) is 18.2 Å². The molecule has 3 heterocycles. The van der Waals surface area contributed by atoms with Crippen molar-refractivity contribution in [2.45, 2.75) is 0 Å². The first-order valence-corrected chi connectivity index (χ1v) is 4.90. The molecule has 0 spiro atoms. The van der Waals surface area contributed by atoms with Gasteiger partial charge in [0.25, 0.3) is 5.91 Å². The molecular weight excluding hydrogens is 220 g/mol. The van der Waals surface area contributed by atoms with Crippen LogP contribution in [0.4, 0.5) is 0 Å².